The van der Waals surface area contributed by atoms with Gasteiger partial charge in [0.05, 0.1) is 24.0 Å². The molecule has 0 bridgehead atoms. The summed E-state index contributed by atoms with van der Waals surface area (Å²) >= 11 is 1.39. The smallest absolute Gasteiger partial charge is 0.305 e. The normalized spacial score (nSPS) is 23.5. The van der Waals surface area contributed by atoms with Crippen LogP contribution in [0.1, 0.15) is 6.42 Å². The number of sulfone groups is 1. The second kappa shape index (κ2) is 4.61. The summed E-state index contributed by atoms with van der Waals surface area (Å²) in [5.41, 5.74) is 0. The number of nitrogens with zero attached hydrogens (tertiary/aromatic N) is 2. The highest BCUT2D eigenvalue weighted by Crippen LogP contribution is 2.25. The van der Waals surface area contributed by atoms with E-state index >= 15 is 0 Å². The van der Waals surface area contributed by atoms with Gasteiger partial charge in [0.15, 0.2) is 15.0 Å². The Morgan fingerprint density at radius 3 is 3.00 bits per heavy atom. The van der Waals surface area contributed by atoms with Gasteiger partial charge in [-0.1, -0.05) is 0 Å². The van der Waals surface area contributed by atoms with Gasteiger partial charge in [0.25, 0.3) is 0 Å². The van der Waals surface area contributed by atoms with E-state index in [0.29, 0.717) is 11.7 Å². The maximum Gasteiger partial charge on any atom is 0.305 e. The van der Waals surface area contributed by atoms with Crippen LogP contribution in [0.3, 0.4) is 0 Å². The van der Waals surface area contributed by atoms with Crippen LogP contribution in [0.25, 0.3) is 0 Å². The molecule has 8 heteroatoms. The molecule has 1 atom stereocenters. The number of hydrogen-bond donors (Lipinski definition) is 1. The van der Waals surface area contributed by atoms with Gasteiger partial charge in [0, 0.05) is 18.1 Å². The Bertz CT molecular complexity index is 497. The van der Waals surface area contributed by atoms with E-state index in [1.165, 1.54) is 11.3 Å². The molecule has 0 aromatic carbocycles. The van der Waals surface area contributed by atoms with Gasteiger partial charge in [-0.25, -0.2) is 13.4 Å². The molecule has 1 unspecified atom stereocenters. The van der Waals surface area contributed by atoms with E-state index < -0.39 is 21.8 Å². The third kappa shape index (κ3) is 2.95. The summed E-state index contributed by atoms with van der Waals surface area (Å²) in [4.78, 5) is 16.6. The predicted octanol–water partition coefficient (Wildman–Crippen LogP) is 0.221. The fraction of sp³-hybridized carbons (Fsp3) is 0.556. The van der Waals surface area contributed by atoms with Crippen molar-refractivity contribution in [3.8, 4) is 0 Å². The number of carboxylic acid groups (broad SMARTS) is 1. The number of carbonyl (C=O) groups is 1. The van der Waals surface area contributed by atoms with Crippen molar-refractivity contribution in [2.24, 2.45) is 0 Å². The maximum absolute atomic E-state index is 11.5. The Kier molecular flexibility index (Phi) is 3.34. The Morgan fingerprint density at radius 2 is 2.41 bits per heavy atom. The van der Waals surface area contributed by atoms with Crippen LogP contribution < -0.4 is 4.90 Å². The van der Waals surface area contributed by atoms with Crippen molar-refractivity contribution in [1.82, 2.24) is 4.98 Å². The summed E-state index contributed by atoms with van der Waals surface area (Å²) in [5.74, 6) is -1.05. The Labute approximate surface area is 103 Å². The van der Waals surface area contributed by atoms with Gasteiger partial charge in [-0.2, -0.15) is 0 Å². The first-order chi connectivity index (χ1) is 7.98. The van der Waals surface area contributed by atoms with Crippen LogP contribution in [0, 0.1) is 0 Å². The number of thiazole rings is 1. The first kappa shape index (κ1) is 12.3. The lowest BCUT2D eigenvalue weighted by atomic mass is 10.2. The zero-order valence-corrected chi connectivity index (χ0v) is 10.6. The number of carboxylic acids is 1. The molecule has 2 rings (SSSR count). The molecule has 1 aliphatic heterocycles. The van der Waals surface area contributed by atoms with Gasteiger partial charge < -0.3 is 10.0 Å². The monoisotopic (exact) mass is 276 g/mol. The van der Waals surface area contributed by atoms with Crippen LogP contribution in [-0.2, 0) is 14.6 Å². The number of hydrogen-bond acceptors (Lipinski definition) is 6. The molecule has 17 heavy (non-hydrogen) atoms. The van der Waals surface area contributed by atoms with Crippen LogP contribution in [-0.4, -0.2) is 48.6 Å². The van der Waals surface area contributed by atoms with E-state index in [0.717, 1.165) is 0 Å². The van der Waals surface area contributed by atoms with E-state index in [1.807, 2.05) is 0 Å². The van der Waals surface area contributed by atoms with Gasteiger partial charge >= 0.3 is 5.97 Å². The summed E-state index contributed by atoms with van der Waals surface area (Å²) in [6.45, 7) is 0.313. The van der Waals surface area contributed by atoms with Gasteiger partial charge in [0.2, 0.25) is 0 Å². The van der Waals surface area contributed by atoms with Crippen molar-refractivity contribution >= 4 is 32.3 Å². The van der Waals surface area contributed by atoms with Gasteiger partial charge in [-0.05, 0) is 0 Å². The van der Waals surface area contributed by atoms with Crippen LogP contribution in [0.4, 0.5) is 5.13 Å². The maximum atomic E-state index is 11.5. The molecular weight excluding hydrogens is 264 g/mol. The predicted molar refractivity (Wildman–Crippen MR) is 64.2 cm³/mol. The molecule has 1 fully saturated rings. The summed E-state index contributed by atoms with van der Waals surface area (Å²) in [7, 11) is -3.13. The lowest BCUT2D eigenvalue weighted by Gasteiger charge is -2.34. The van der Waals surface area contributed by atoms with Crippen molar-refractivity contribution in [3.63, 3.8) is 0 Å². The summed E-state index contributed by atoms with van der Waals surface area (Å²) in [6, 6.07) is -0.516. The Hall–Kier alpha value is -1.15. The quantitative estimate of drug-likeness (QED) is 0.850. The van der Waals surface area contributed by atoms with Crippen LogP contribution >= 0.6 is 11.3 Å². The molecule has 0 spiro atoms. The molecule has 2 heterocycles. The summed E-state index contributed by atoms with van der Waals surface area (Å²) in [5, 5.41) is 11.3. The molecule has 6 nitrogen and oxygen atoms in total. The minimum Gasteiger partial charge on any atom is -0.481 e. The van der Waals surface area contributed by atoms with Crippen molar-refractivity contribution in [1.29, 1.82) is 0 Å². The zero-order valence-electron chi connectivity index (χ0n) is 8.94. The molecular formula is C9H12N2O4S2. The topological polar surface area (TPSA) is 87.6 Å². The van der Waals surface area contributed by atoms with Crippen LogP contribution in [0.2, 0.25) is 0 Å². The average molecular weight is 276 g/mol. The molecule has 94 valence electrons. The molecule has 1 saturated heterocycles. The highest BCUT2D eigenvalue weighted by atomic mass is 32.2. The minimum absolute atomic E-state index is 0.0582. The van der Waals surface area contributed by atoms with Crippen molar-refractivity contribution in [2.75, 3.05) is 23.0 Å². The van der Waals surface area contributed by atoms with Crippen LogP contribution in [0.15, 0.2) is 11.6 Å². The number of rotatable bonds is 3. The van der Waals surface area contributed by atoms with E-state index in [2.05, 4.69) is 4.98 Å². The van der Waals surface area contributed by atoms with Crippen LogP contribution in [0.5, 0.6) is 0 Å². The number of anilines is 1. The van der Waals surface area contributed by atoms with Crippen molar-refractivity contribution in [2.45, 2.75) is 12.5 Å². The zero-order chi connectivity index (χ0) is 12.5. The van der Waals surface area contributed by atoms with E-state index in [9.17, 15) is 13.2 Å². The molecule has 1 aromatic heterocycles. The SMILES string of the molecule is O=C(O)CC1CS(=O)(=O)CCN1c1nccs1. The molecule has 1 aromatic rings. The lowest BCUT2D eigenvalue weighted by molar-refractivity contribution is -0.137. The highest BCUT2D eigenvalue weighted by molar-refractivity contribution is 7.91. The second-order valence-corrected chi connectivity index (χ2v) is 6.98. The molecule has 0 amide bonds. The Balaban J connectivity index is 2.22. The largest absolute Gasteiger partial charge is 0.481 e. The van der Waals surface area contributed by atoms with Gasteiger partial charge in [-0.15, -0.1) is 11.3 Å². The molecule has 0 aliphatic carbocycles. The fourth-order valence-corrected chi connectivity index (χ4v) is 4.13. The molecule has 1 aliphatic rings. The highest BCUT2D eigenvalue weighted by Gasteiger charge is 2.33. The van der Waals surface area contributed by atoms with E-state index in [-0.39, 0.29) is 17.9 Å². The minimum atomic E-state index is -3.13. The van der Waals surface area contributed by atoms with Crippen molar-refractivity contribution in [3.05, 3.63) is 11.6 Å². The standard InChI is InChI=1S/C9H12N2O4S2/c12-8(13)5-7-6-17(14,15)4-2-11(7)9-10-1-3-16-9/h1,3,7H,2,4-6H2,(H,12,13). The number of aromatic nitrogens is 1. The first-order valence-corrected chi connectivity index (χ1v) is 7.76. The van der Waals surface area contributed by atoms with Gasteiger partial charge in [0.1, 0.15) is 0 Å². The molecule has 0 saturated carbocycles. The second-order valence-electron chi connectivity index (χ2n) is 3.87. The molecule has 1 N–H and O–H groups in total. The average Bonchev–Trinajstić information content (AvgIpc) is 2.68. The first-order valence-electron chi connectivity index (χ1n) is 5.06. The van der Waals surface area contributed by atoms with E-state index in [4.69, 9.17) is 5.11 Å². The number of aliphatic carboxylic acids is 1. The van der Waals surface area contributed by atoms with Crippen molar-refractivity contribution < 1.29 is 18.3 Å². The lowest BCUT2D eigenvalue weighted by Crippen LogP contribution is -2.49. The fourth-order valence-electron chi connectivity index (χ4n) is 1.87. The summed E-state index contributed by atoms with van der Waals surface area (Å²) in [6.07, 6.45) is 1.44. The molecule has 0 radical (unpaired) electrons. The van der Waals surface area contributed by atoms with E-state index in [1.54, 1.807) is 16.5 Å². The third-order valence-electron chi connectivity index (χ3n) is 2.61. The third-order valence-corrected chi connectivity index (χ3v) is 5.11. The Morgan fingerprint density at radius 1 is 1.65 bits per heavy atom. The summed E-state index contributed by atoms with van der Waals surface area (Å²) < 4.78 is 23.0. The van der Waals surface area contributed by atoms with Gasteiger partial charge in [-0.3, -0.25) is 4.79 Å².